The number of para-hydroxylation sites is 1. The van der Waals surface area contributed by atoms with Gasteiger partial charge < -0.3 is 15.1 Å². The minimum atomic E-state index is -0.0863. The van der Waals surface area contributed by atoms with Gasteiger partial charge in [0.25, 0.3) is 0 Å². The van der Waals surface area contributed by atoms with Crippen molar-refractivity contribution in [2.75, 3.05) is 34.8 Å². The van der Waals surface area contributed by atoms with Crippen LogP contribution in [-0.4, -0.2) is 31.4 Å². The fraction of sp³-hybridized carbons (Fsp3) is 0.417. The molecule has 0 unspecified atom stereocenters. The number of nitrogens with zero attached hydrogens (tertiary/aromatic N) is 2. The largest absolute Gasteiger partial charge is 0.372 e. The number of hydrogen-bond acceptors (Lipinski definition) is 3. The molecule has 5 heteroatoms. The molecule has 3 rings (SSSR count). The van der Waals surface area contributed by atoms with Gasteiger partial charge in [-0.1, -0.05) is 25.1 Å². The van der Waals surface area contributed by atoms with Gasteiger partial charge in [-0.2, -0.15) is 0 Å². The Morgan fingerprint density at radius 3 is 2.38 bits per heavy atom. The highest BCUT2D eigenvalue weighted by Gasteiger charge is 2.18. The van der Waals surface area contributed by atoms with Crippen molar-refractivity contribution in [2.45, 2.75) is 46.5 Å². The van der Waals surface area contributed by atoms with Crippen LogP contribution in [0.5, 0.6) is 0 Å². The number of rotatable bonds is 7. The number of anilines is 3. The van der Waals surface area contributed by atoms with Crippen LogP contribution in [-0.2, 0) is 16.0 Å². The Bertz CT molecular complexity index is 855. The molecule has 2 amide bonds. The molecule has 0 atom stereocenters. The van der Waals surface area contributed by atoms with Crippen LogP contribution in [0.15, 0.2) is 42.5 Å². The first-order valence-corrected chi connectivity index (χ1v) is 10.5. The van der Waals surface area contributed by atoms with Crippen molar-refractivity contribution >= 4 is 28.9 Å². The summed E-state index contributed by atoms with van der Waals surface area (Å²) < 4.78 is 0. The lowest BCUT2D eigenvalue weighted by Crippen LogP contribution is -2.33. The number of nitrogens with one attached hydrogen (secondary N) is 1. The summed E-state index contributed by atoms with van der Waals surface area (Å²) in [5.41, 5.74) is 5.10. The van der Waals surface area contributed by atoms with Crippen LogP contribution in [0.4, 0.5) is 17.1 Å². The van der Waals surface area contributed by atoms with E-state index >= 15 is 0 Å². The van der Waals surface area contributed by atoms with Gasteiger partial charge >= 0.3 is 0 Å². The van der Waals surface area contributed by atoms with Crippen LogP contribution < -0.4 is 15.1 Å². The van der Waals surface area contributed by atoms with Gasteiger partial charge in [0.2, 0.25) is 11.8 Å². The van der Waals surface area contributed by atoms with E-state index in [2.05, 4.69) is 29.3 Å². The molecule has 1 aliphatic heterocycles. The van der Waals surface area contributed by atoms with Crippen LogP contribution in [0.3, 0.4) is 0 Å². The Kier molecular flexibility index (Phi) is 6.91. The number of carbonyl (C=O) groups is 2. The molecular weight excluding hydrogens is 362 g/mol. The zero-order valence-corrected chi connectivity index (χ0v) is 17.7. The van der Waals surface area contributed by atoms with Crippen molar-refractivity contribution in [2.24, 2.45) is 0 Å². The molecule has 1 heterocycles. The number of amides is 2. The summed E-state index contributed by atoms with van der Waals surface area (Å²) in [5.74, 6) is -0.131. The summed E-state index contributed by atoms with van der Waals surface area (Å²) in [6, 6.07) is 14.1. The zero-order chi connectivity index (χ0) is 20.8. The standard InChI is InChI=1S/C24H31N3O2/c1-4-20-9-7-8-18(2)24(20)27(19(3)28)17-14-23(29)25-21-10-12-22(13-11-21)26-15-5-6-16-26/h7-13H,4-6,14-17H2,1-3H3,(H,25,29). The fourth-order valence-corrected chi connectivity index (χ4v) is 3.99. The minimum Gasteiger partial charge on any atom is -0.372 e. The topological polar surface area (TPSA) is 52.7 Å². The second-order valence-electron chi connectivity index (χ2n) is 7.65. The second-order valence-corrected chi connectivity index (χ2v) is 7.65. The van der Waals surface area contributed by atoms with Gasteiger partial charge in [0.05, 0.1) is 0 Å². The molecule has 5 nitrogen and oxygen atoms in total. The maximum atomic E-state index is 12.5. The van der Waals surface area contributed by atoms with E-state index < -0.39 is 0 Å². The van der Waals surface area contributed by atoms with Gasteiger partial charge in [-0.05, 0) is 61.6 Å². The maximum Gasteiger partial charge on any atom is 0.226 e. The molecule has 1 saturated heterocycles. The van der Waals surface area contributed by atoms with E-state index in [0.29, 0.717) is 6.54 Å². The van der Waals surface area contributed by atoms with Crippen LogP contribution >= 0.6 is 0 Å². The summed E-state index contributed by atoms with van der Waals surface area (Å²) >= 11 is 0. The van der Waals surface area contributed by atoms with Crippen molar-refractivity contribution in [1.29, 1.82) is 0 Å². The van der Waals surface area contributed by atoms with E-state index in [0.717, 1.165) is 42.0 Å². The number of carbonyl (C=O) groups excluding carboxylic acids is 2. The quantitative estimate of drug-likeness (QED) is 0.751. The average molecular weight is 394 g/mol. The normalized spacial score (nSPS) is 13.4. The molecule has 0 bridgehead atoms. The molecule has 0 saturated carbocycles. The van der Waals surface area contributed by atoms with Crippen LogP contribution in [0.25, 0.3) is 0 Å². The molecule has 1 aliphatic rings. The van der Waals surface area contributed by atoms with Gasteiger partial charge in [0, 0.05) is 50.0 Å². The van der Waals surface area contributed by atoms with E-state index in [-0.39, 0.29) is 18.2 Å². The Balaban J connectivity index is 1.62. The van der Waals surface area contributed by atoms with E-state index in [1.54, 1.807) is 11.8 Å². The molecule has 2 aromatic rings. The van der Waals surface area contributed by atoms with Crippen molar-refractivity contribution in [3.05, 3.63) is 53.6 Å². The van der Waals surface area contributed by atoms with Gasteiger partial charge in [0.15, 0.2) is 0 Å². The van der Waals surface area contributed by atoms with E-state index in [4.69, 9.17) is 0 Å². The lowest BCUT2D eigenvalue weighted by atomic mass is 10.0. The number of hydrogen-bond donors (Lipinski definition) is 1. The SMILES string of the molecule is CCc1cccc(C)c1N(CCC(=O)Nc1ccc(N2CCCC2)cc1)C(C)=O. The summed E-state index contributed by atoms with van der Waals surface area (Å²) in [6.45, 7) is 8.21. The van der Waals surface area contributed by atoms with Gasteiger partial charge in [0.1, 0.15) is 0 Å². The highest BCUT2D eigenvalue weighted by Crippen LogP contribution is 2.26. The van der Waals surface area contributed by atoms with Crippen LogP contribution in [0, 0.1) is 6.92 Å². The smallest absolute Gasteiger partial charge is 0.226 e. The summed E-state index contributed by atoms with van der Waals surface area (Å²) in [7, 11) is 0. The third kappa shape index (κ3) is 5.17. The van der Waals surface area contributed by atoms with Crippen molar-refractivity contribution < 1.29 is 9.59 Å². The monoisotopic (exact) mass is 393 g/mol. The molecule has 1 N–H and O–H groups in total. The third-order valence-electron chi connectivity index (χ3n) is 5.54. The third-order valence-corrected chi connectivity index (χ3v) is 5.54. The molecule has 154 valence electrons. The van der Waals surface area contributed by atoms with Gasteiger partial charge in [-0.15, -0.1) is 0 Å². The summed E-state index contributed by atoms with van der Waals surface area (Å²) in [4.78, 5) is 28.9. The van der Waals surface area contributed by atoms with E-state index in [9.17, 15) is 9.59 Å². The molecule has 0 radical (unpaired) electrons. The maximum absolute atomic E-state index is 12.5. The van der Waals surface area contributed by atoms with Crippen LogP contribution in [0.2, 0.25) is 0 Å². The summed E-state index contributed by atoms with van der Waals surface area (Å²) in [5, 5.41) is 2.95. The molecule has 0 aliphatic carbocycles. The predicted octanol–water partition coefficient (Wildman–Crippen LogP) is 4.54. The van der Waals surface area contributed by atoms with Crippen molar-refractivity contribution in [3.8, 4) is 0 Å². The Hall–Kier alpha value is -2.82. The highest BCUT2D eigenvalue weighted by molar-refractivity contribution is 5.96. The minimum absolute atomic E-state index is 0.0447. The lowest BCUT2D eigenvalue weighted by Gasteiger charge is -2.25. The molecule has 1 fully saturated rings. The van der Waals surface area contributed by atoms with Crippen molar-refractivity contribution in [3.63, 3.8) is 0 Å². The first-order valence-electron chi connectivity index (χ1n) is 10.5. The Labute approximate surface area is 173 Å². The molecule has 2 aromatic carbocycles. The van der Waals surface area contributed by atoms with Crippen molar-refractivity contribution in [1.82, 2.24) is 0 Å². The highest BCUT2D eigenvalue weighted by atomic mass is 16.2. The van der Waals surface area contributed by atoms with Gasteiger partial charge in [-0.3, -0.25) is 9.59 Å². The lowest BCUT2D eigenvalue weighted by molar-refractivity contribution is -0.117. The molecule has 29 heavy (non-hydrogen) atoms. The van der Waals surface area contributed by atoms with E-state index in [1.165, 1.54) is 18.5 Å². The predicted molar refractivity (Wildman–Crippen MR) is 120 cm³/mol. The number of benzene rings is 2. The zero-order valence-electron chi connectivity index (χ0n) is 17.7. The molecule has 0 aromatic heterocycles. The fourth-order valence-electron chi connectivity index (χ4n) is 3.99. The van der Waals surface area contributed by atoms with Crippen LogP contribution in [0.1, 0.15) is 44.2 Å². The first kappa shape index (κ1) is 20.9. The average Bonchev–Trinajstić information content (AvgIpc) is 3.24. The Morgan fingerprint density at radius 2 is 1.76 bits per heavy atom. The van der Waals surface area contributed by atoms with E-state index in [1.807, 2.05) is 37.3 Å². The van der Waals surface area contributed by atoms with Gasteiger partial charge in [-0.25, -0.2) is 0 Å². The number of aryl methyl sites for hydroxylation is 2. The summed E-state index contributed by atoms with van der Waals surface area (Å²) in [6.07, 6.45) is 3.58. The molecular formula is C24H31N3O2. The molecule has 0 spiro atoms. The first-order chi connectivity index (χ1) is 14.0. The second kappa shape index (κ2) is 9.59. The Morgan fingerprint density at radius 1 is 1.07 bits per heavy atom.